The Morgan fingerprint density at radius 2 is 2.30 bits per heavy atom. The van der Waals surface area contributed by atoms with Crippen LogP contribution < -0.4 is 10.6 Å². The minimum atomic E-state index is -0.172. The fourth-order valence-corrected chi connectivity index (χ4v) is 2.27. The van der Waals surface area contributed by atoms with Gasteiger partial charge in [-0.3, -0.25) is 9.59 Å². The normalized spacial score (nSPS) is 15.1. The molecule has 1 saturated heterocycles. The van der Waals surface area contributed by atoms with Crippen LogP contribution in [0.1, 0.15) is 29.6 Å². The van der Waals surface area contributed by atoms with Crippen LogP contribution in [0, 0.1) is 0 Å². The topological polar surface area (TPSA) is 74.3 Å². The number of aromatic nitrogens is 1. The highest BCUT2D eigenvalue weighted by atomic mass is 16.2. The molecule has 2 rings (SSSR count). The zero-order chi connectivity index (χ0) is 14.4. The molecule has 6 nitrogen and oxygen atoms in total. The van der Waals surface area contributed by atoms with Crippen molar-refractivity contribution < 1.29 is 9.59 Å². The lowest BCUT2D eigenvalue weighted by molar-refractivity contribution is -0.133. The maximum absolute atomic E-state index is 11.7. The van der Waals surface area contributed by atoms with Gasteiger partial charge in [0.1, 0.15) is 5.82 Å². The van der Waals surface area contributed by atoms with E-state index in [1.54, 1.807) is 25.4 Å². The van der Waals surface area contributed by atoms with Gasteiger partial charge < -0.3 is 15.5 Å². The van der Waals surface area contributed by atoms with E-state index in [2.05, 4.69) is 15.6 Å². The summed E-state index contributed by atoms with van der Waals surface area (Å²) < 4.78 is 0. The molecular weight excluding hydrogens is 256 g/mol. The van der Waals surface area contributed by atoms with Crippen LogP contribution in [0.25, 0.3) is 0 Å². The fraction of sp³-hybridized carbons (Fsp3) is 0.500. The number of hydrogen-bond acceptors (Lipinski definition) is 4. The lowest BCUT2D eigenvalue weighted by atomic mass is 10.1. The molecule has 2 N–H and O–H groups in total. The van der Waals surface area contributed by atoms with Crippen LogP contribution >= 0.6 is 0 Å². The first kappa shape index (κ1) is 14.3. The highest BCUT2D eigenvalue weighted by Crippen LogP contribution is 2.12. The maximum Gasteiger partial charge on any atom is 0.254 e. The fourth-order valence-electron chi connectivity index (χ4n) is 2.27. The summed E-state index contributed by atoms with van der Waals surface area (Å²) in [5, 5.41) is 5.72. The smallest absolute Gasteiger partial charge is 0.254 e. The van der Waals surface area contributed by atoms with E-state index in [9.17, 15) is 9.59 Å². The second kappa shape index (κ2) is 6.88. The standard InChI is InChI=1S/C14H20N4O2/c1-15-14(20)11-5-4-7-16-13(11)17-8-10-18-9-3-2-6-12(18)19/h4-5,7H,2-3,6,8-10H2,1H3,(H,15,20)(H,16,17). The van der Waals surface area contributed by atoms with Gasteiger partial charge in [-0.15, -0.1) is 0 Å². The number of hydrogen-bond donors (Lipinski definition) is 2. The van der Waals surface area contributed by atoms with Crippen molar-refractivity contribution in [3.05, 3.63) is 23.9 Å². The number of rotatable bonds is 5. The molecule has 20 heavy (non-hydrogen) atoms. The van der Waals surface area contributed by atoms with Gasteiger partial charge >= 0.3 is 0 Å². The van der Waals surface area contributed by atoms with Crippen molar-refractivity contribution in [2.24, 2.45) is 0 Å². The van der Waals surface area contributed by atoms with Crippen LogP contribution in [-0.2, 0) is 4.79 Å². The summed E-state index contributed by atoms with van der Waals surface area (Å²) in [5.74, 6) is 0.594. The minimum absolute atomic E-state index is 0.172. The molecule has 6 heteroatoms. The molecule has 0 aliphatic carbocycles. The number of pyridine rings is 1. The van der Waals surface area contributed by atoms with Crippen molar-refractivity contribution >= 4 is 17.6 Å². The van der Waals surface area contributed by atoms with Gasteiger partial charge in [0.05, 0.1) is 5.56 Å². The third-order valence-corrected chi connectivity index (χ3v) is 3.37. The summed E-state index contributed by atoms with van der Waals surface area (Å²) >= 11 is 0. The molecule has 108 valence electrons. The minimum Gasteiger partial charge on any atom is -0.368 e. The zero-order valence-corrected chi connectivity index (χ0v) is 11.7. The van der Waals surface area contributed by atoms with Crippen LogP contribution in [0.5, 0.6) is 0 Å². The molecule has 0 bridgehead atoms. The first-order chi connectivity index (χ1) is 9.72. The van der Waals surface area contributed by atoms with Crippen LogP contribution in [0.15, 0.2) is 18.3 Å². The quantitative estimate of drug-likeness (QED) is 0.836. The Morgan fingerprint density at radius 3 is 3.05 bits per heavy atom. The van der Waals surface area contributed by atoms with Crippen molar-refractivity contribution in [1.29, 1.82) is 0 Å². The van der Waals surface area contributed by atoms with E-state index in [4.69, 9.17) is 0 Å². The van der Waals surface area contributed by atoms with E-state index in [1.807, 2.05) is 4.90 Å². The van der Waals surface area contributed by atoms with E-state index in [1.165, 1.54) is 0 Å². The van der Waals surface area contributed by atoms with Gasteiger partial charge in [-0.05, 0) is 25.0 Å². The van der Waals surface area contributed by atoms with E-state index in [0.29, 0.717) is 30.9 Å². The van der Waals surface area contributed by atoms with E-state index < -0.39 is 0 Å². The molecule has 0 atom stereocenters. The van der Waals surface area contributed by atoms with Crippen molar-refractivity contribution in [3.63, 3.8) is 0 Å². The Morgan fingerprint density at radius 1 is 1.45 bits per heavy atom. The lowest BCUT2D eigenvalue weighted by Crippen LogP contribution is -2.38. The average molecular weight is 276 g/mol. The van der Waals surface area contributed by atoms with Crippen molar-refractivity contribution in [2.75, 3.05) is 32.0 Å². The van der Waals surface area contributed by atoms with Crippen LogP contribution in [0.3, 0.4) is 0 Å². The van der Waals surface area contributed by atoms with Gasteiger partial charge in [-0.1, -0.05) is 0 Å². The Bertz CT molecular complexity index is 490. The summed E-state index contributed by atoms with van der Waals surface area (Å²) in [6.07, 6.45) is 4.34. The predicted octanol–water partition coefficient (Wildman–Crippen LogP) is 0.866. The Hall–Kier alpha value is -2.11. The Kier molecular flexibility index (Phi) is 4.92. The van der Waals surface area contributed by atoms with Gasteiger partial charge in [-0.25, -0.2) is 4.98 Å². The summed E-state index contributed by atoms with van der Waals surface area (Å²) in [7, 11) is 1.59. The van der Waals surface area contributed by atoms with Gasteiger partial charge in [0, 0.05) is 39.3 Å². The number of carbonyl (C=O) groups is 2. The van der Waals surface area contributed by atoms with E-state index in [0.717, 1.165) is 19.4 Å². The number of nitrogens with one attached hydrogen (secondary N) is 2. The van der Waals surface area contributed by atoms with Crippen molar-refractivity contribution in [1.82, 2.24) is 15.2 Å². The second-order valence-electron chi connectivity index (χ2n) is 4.74. The summed E-state index contributed by atoms with van der Waals surface area (Å²) in [6.45, 7) is 2.06. The van der Waals surface area contributed by atoms with Crippen LogP contribution in [0.4, 0.5) is 5.82 Å². The van der Waals surface area contributed by atoms with Gasteiger partial charge in [0.15, 0.2) is 0 Å². The molecule has 0 aromatic carbocycles. The predicted molar refractivity (Wildman–Crippen MR) is 76.5 cm³/mol. The number of nitrogens with zero attached hydrogens (tertiary/aromatic N) is 2. The third-order valence-electron chi connectivity index (χ3n) is 3.37. The molecule has 1 fully saturated rings. The van der Waals surface area contributed by atoms with Crippen LogP contribution in [0.2, 0.25) is 0 Å². The average Bonchev–Trinajstić information content (AvgIpc) is 2.49. The number of amides is 2. The van der Waals surface area contributed by atoms with E-state index in [-0.39, 0.29) is 11.8 Å². The molecular formula is C14H20N4O2. The first-order valence-electron chi connectivity index (χ1n) is 6.91. The molecule has 1 aromatic heterocycles. The van der Waals surface area contributed by atoms with E-state index >= 15 is 0 Å². The molecule has 0 radical (unpaired) electrons. The molecule has 2 amide bonds. The van der Waals surface area contributed by atoms with Crippen molar-refractivity contribution in [3.8, 4) is 0 Å². The number of piperidine rings is 1. The SMILES string of the molecule is CNC(=O)c1cccnc1NCCN1CCCCC1=O. The highest BCUT2D eigenvalue weighted by molar-refractivity contribution is 5.98. The Balaban J connectivity index is 1.90. The molecule has 0 spiro atoms. The second-order valence-corrected chi connectivity index (χ2v) is 4.74. The largest absolute Gasteiger partial charge is 0.368 e. The van der Waals surface area contributed by atoms with Crippen molar-refractivity contribution in [2.45, 2.75) is 19.3 Å². The number of likely N-dealkylation sites (tertiary alicyclic amines) is 1. The number of carbonyl (C=O) groups excluding carboxylic acids is 2. The first-order valence-corrected chi connectivity index (χ1v) is 6.91. The maximum atomic E-state index is 11.7. The molecule has 1 aliphatic heterocycles. The van der Waals surface area contributed by atoms with Gasteiger partial charge in [-0.2, -0.15) is 0 Å². The highest BCUT2D eigenvalue weighted by Gasteiger charge is 2.17. The van der Waals surface area contributed by atoms with Gasteiger partial charge in [0.2, 0.25) is 5.91 Å². The monoisotopic (exact) mass is 276 g/mol. The lowest BCUT2D eigenvalue weighted by Gasteiger charge is -2.26. The molecule has 0 unspecified atom stereocenters. The molecule has 0 saturated carbocycles. The molecule has 1 aromatic rings. The van der Waals surface area contributed by atoms with Gasteiger partial charge in [0.25, 0.3) is 5.91 Å². The van der Waals surface area contributed by atoms with Crippen LogP contribution in [-0.4, -0.2) is 48.4 Å². The summed E-state index contributed by atoms with van der Waals surface area (Å²) in [5.41, 5.74) is 0.514. The summed E-state index contributed by atoms with van der Waals surface area (Å²) in [4.78, 5) is 29.4. The Labute approximate surface area is 118 Å². The molecule has 1 aliphatic rings. The zero-order valence-electron chi connectivity index (χ0n) is 11.7. The summed E-state index contributed by atoms with van der Waals surface area (Å²) in [6, 6.07) is 3.45. The molecule has 2 heterocycles. The number of anilines is 1. The third kappa shape index (κ3) is 3.46.